The summed E-state index contributed by atoms with van der Waals surface area (Å²) in [5, 5.41) is 11.9. The number of carboxylic acids is 1. The maximum atomic E-state index is 12.7. The first kappa shape index (κ1) is 20.1. The van der Waals surface area contributed by atoms with Crippen LogP contribution in [-0.4, -0.2) is 64.5 Å². The van der Waals surface area contributed by atoms with Gasteiger partial charge < -0.3 is 20.2 Å². The van der Waals surface area contributed by atoms with Crippen LogP contribution in [0.3, 0.4) is 0 Å². The van der Waals surface area contributed by atoms with Crippen molar-refractivity contribution < 1.29 is 19.5 Å². The SMILES string of the molecule is Cc1cccnc1N1CCN(C(=O)CC[C@]2(CCC(=O)O)CCC(=O)N2)CC1. The first-order valence-electron chi connectivity index (χ1n) is 9.86. The predicted octanol–water partition coefficient (Wildman–Crippen LogP) is 1.33. The van der Waals surface area contributed by atoms with Crippen LogP contribution in [0.4, 0.5) is 5.82 Å². The number of nitrogens with zero attached hydrogens (tertiary/aromatic N) is 3. The van der Waals surface area contributed by atoms with Crippen LogP contribution in [0.15, 0.2) is 18.3 Å². The Morgan fingerprint density at radius 1 is 1.21 bits per heavy atom. The number of anilines is 1. The average molecular weight is 388 g/mol. The molecule has 2 N–H and O–H groups in total. The van der Waals surface area contributed by atoms with Crippen molar-refractivity contribution in [2.24, 2.45) is 0 Å². The van der Waals surface area contributed by atoms with E-state index in [1.807, 2.05) is 24.0 Å². The number of hydrogen-bond donors (Lipinski definition) is 2. The molecular weight excluding hydrogens is 360 g/mol. The summed E-state index contributed by atoms with van der Waals surface area (Å²) in [7, 11) is 0. The summed E-state index contributed by atoms with van der Waals surface area (Å²) >= 11 is 0. The molecule has 1 atom stereocenters. The van der Waals surface area contributed by atoms with Gasteiger partial charge in [0.15, 0.2) is 0 Å². The third-order valence-electron chi connectivity index (χ3n) is 5.78. The minimum atomic E-state index is -0.882. The highest BCUT2D eigenvalue weighted by molar-refractivity contribution is 5.80. The fourth-order valence-corrected chi connectivity index (χ4v) is 4.10. The molecule has 2 fully saturated rings. The van der Waals surface area contributed by atoms with Gasteiger partial charge in [0.05, 0.1) is 0 Å². The summed E-state index contributed by atoms with van der Waals surface area (Å²) in [6, 6.07) is 3.95. The van der Waals surface area contributed by atoms with Gasteiger partial charge in [-0.3, -0.25) is 14.4 Å². The predicted molar refractivity (Wildman–Crippen MR) is 104 cm³/mol. The second-order valence-electron chi connectivity index (χ2n) is 7.73. The van der Waals surface area contributed by atoms with Crippen molar-refractivity contribution in [1.82, 2.24) is 15.2 Å². The van der Waals surface area contributed by atoms with Crippen molar-refractivity contribution in [3.05, 3.63) is 23.9 Å². The quantitative estimate of drug-likeness (QED) is 0.731. The van der Waals surface area contributed by atoms with Crippen LogP contribution >= 0.6 is 0 Å². The Hall–Kier alpha value is -2.64. The van der Waals surface area contributed by atoms with E-state index in [4.69, 9.17) is 5.11 Å². The largest absolute Gasteiger partial charge is 0.481 e. The van der Waals surface area contributed by atoms with Crippen LogP contribution in [0, 0.1) is 6.92 Å². The molecular formula is C20H28N4O4. The van der Waals surface area contributed by atoms with Crippen LogP contribution < -0.4 is 10.2 Å². The van der Waals surface area contributed by atoms with Gasteiger partial charge in [0.25, 0.3) is 0 Å². The number of amides is 2. The Kier molecular flexibility index (Phi) is 6.16. The minimum Gasteiger partial charge on any atom is -0.481 e. The lowest BCUT2D eigenvalue weighted by molar-refractivity contribution is -0.137. The number of aryl methyl sites for hydroxylation is 1. The zero-order valence-electron chi connectivity index (χ0n) is 16.3. The van der Waals surface area contributed by atoms with Gasteiger partial charge in [0.2, 0.25) is 11.8 Å². The molecule has 0 aliphatic carbocycles. The first-order chi connectivity index (χ1) is 13.4. The molecule has 2 saturated heterocycles. The molecule has 0 radical (unpaired) electrons. The standard InChI is InChI=1S/C20H28N4O4/c1-15-3-2-10-21-19(15)24-13-11-23(12-14-24)17(26)5-8-20(9-6-18(27)28)7-4-16(25)22-20/h2-3,10H,4-9,11-14H2,1H3,(H,22,25)(H,27,28)/t20-/m0/s1. The highest BCUT2D eigenvalue weighted by atomic mass is 16.4. The lowest BCUT2D eigenvalue weighted by atomic mass is 9.86. The van der Waals surface area contributed by atoms with Gasteiger partial charge in [0.1, 0.15) is 5.82 Å². The minimum absolute atomic E-state index is 0.00340. The Bertz CT molecular complexity index is 745. The number of nitrogens with one attached hydrogen (secondary N) is 1. The third-order valence-corrected chi connectivity index (χ3v) is 5.78. The van der Waals surface area contributed by atoms with Gasteiger partial charge in [-0.25, -0.2) is 4.98 Å². The summed E-state index contributed by atoms with van der Waals surface area (Å²) in [6.07, 6.45) is 3.96. The summed E-state index contributed by atoms with van der Waals surface area (Å²) in [5.74, 6) is 0.0918. The molecule has 2 amide bonds. The number of carbonyl (C=O) groups excluding carboxylic acids is 2. The number of rotatable bonds is 7. The smallest absolute Gasteiger partial charge is 0.303 e. The zero-order chi connectivity index (χ0) is 20.1. The molecule has 0 aromatic carbocycles. The molecule has 8 heteroatoms. The van der Waals surface area contributed by atoms with E-state index >= 15 is 0 Å². The van der Waals surface area contributed by atoms with Gasteiger partial charge in [-0.05, 0) is 37.8 Å². The van der Waals surface area contributed by atoms with E-state index in [-0.39, 0.29) is 18.2 Å². The normalized spacial score (nSPS) is 22.2. The number of carbonyl (C=O) groups is 3. The van der Waals surface area contributed by atoms with Crippen LogP contribution in [0.1, 0.15) is 44.1 Å². The fourth-order valence-electron chi connectivity index (χ4n) is 4.10. The zero-order valence-corrected chi connectivity index (χ0v) is 16.3. The van der Waals surface area contributed by atoms with E-state index in [1.165, 1.54) is 0 Å². The lowest BCUT2D eigenvalue weighted by Gasteiger charge is -2.37. The fraction of sp³-hybridized carbons (Fsp3) is 0.600. The van der Waals surface area contributed by atoms with Crippen molar-refractivity contribution >= 4 is 23.6 Å². The molecule has 0 unspecified atom stereocenters. The second-order valence-corrected chi connectivity index (χ2v) is 7.73. The monoisotopic (exact) mass is 388 g/mol. The van der Waals surface area contributed by atoms with Crippen LogP contribution in [0.25, 0.3) is 0 Å². The van der Waals surface area contributed by atoms with E-state index in [9.17, 15) is 14.4 Å². The highest BCUT2D eigenvalue weighted by Crippen LogP contribution is 2.30. The first-order valence-corrected chi connectivity index (χ1v) is 9.86. The Balaban J connectivity index is 1.51. The molecule has 1 aromatic rings. The Morgan fingerprint density at radius 3 is 2.54 bits per heavy atom. The number of hydrogen-bond acceptors (Lipinski definition) is 5. The Morgan fingerprint density at radius 2 is 1.93 bits per heavy atom. The molecule has 152 valence electrons. The van der Waals surface area contributed by atoms with Crippen molar-refractivity contribution in [3.8, 4) is 0 Å². The summed E-state index contributed by atoms with van der Waals surface area (Å²) < 4.78 is 0. The van der Waals surface area contributed by atoms with Gasteiger partial charge in [-0.15, -0.1) is 0 Å². The van der Waals surface area contributed by atoms with Crippen molar-refractivity contribution in [2.45, 2.75) is 51.0 Å². The molecule has 0 spiro atoms. The Labute approximate surface area is 164 Å². The van der Waals surface area contributed by atoms with Gasteiger partial charge in [-0.2, -0.15) is 0 Å². The maximum Gasteiger partial charge on any atom is 0.303 e. The average Bonchev–Trinajstić information content (AvgIpc) is 3.06. The second kappa shape index (κ2) is 8.58. The molecule has 8 nitrogen and oxygen atoms in total. The maximum absolute atomic E-state index is 12.7. The highest BCUT2D eigenvalue weighted by Gasteiger charge is 2.38. The van der Waals surface area contributed by atoms with Gasteiger partial charge in [-0.1, -0.05) is 6.07 Å². The van der Waals surface area contributed by atoms with Crippen molar-refractivity contribution in [1.29, 1.82) is 0 Å². The molecule has 0 bridgehead atoms. The number of pyridine rings is 1. The summed E-state index contributed by atoms with van der Waals surface area (Å²) in [5.41, 5.74) is 0.567. The molecule has 2 aliphatic heterocycles. The molecule has 28 heavy (non-hydrogen) atoms. The number of aromatic nitrogens is 1. The van der Waals surface area contributed by atoms with E-state index in [2.05, 4.69) is 15.2 Å². The van der Waals surface area contributed by atoms with Crippen molar-refractivity contribution in [3.63, 3.8) is 0 Å². The van der Waals surface area contributed by atoms with Crippen LogP contribution in [0.5, 0.6) is 0 Å². The number of aliphatic carboxylic acids is 1. The summed E-state index contributed by atoms with van der Waals surface area (Å²) in [4.78, 5) is 43.8. The van der Waals surface area contributed by atoms with E-state index in [1.54, 1.807) is 6.20 Å². The topological polar surface area (TPSA) is 103 Å². The third kappa shape index (κ3) is 4.79. The molecule has 2 aliphatic rings. The lowest BCUT2D eigenvalue weighted by Crippen LogP contribution is -2.50. The van der Waals surface area contributed by atoms with Gasteiger partial charge >= 0.3 is 5.97 Å². The van der Waals surface area contributed by atoms with Crippen molar-refractivity contribution in [2.75, 3.05) is 31.1 Å². The van der Waals surface area contributed by atoms with E-state index in [0.29, 0.717) is 45.2 Å². The van der Waals surface area contributed by atoms with Gasteiger partial charge in [0, 0.05) is 57.2 Å². The van der Waals surface area contributed by atoms with Crippen LogP contribution in [-0.2, 0) is 14.4 Å². The molecule has 3 rings (SSSR count). The molecule has 1 aromatic heterocycles. The summed E-state index contributed by atoms with van der Waals surface area (Å²) in [6.45, 7) is 4.80. The number of carboxylic acid groups (broad SMARTS) is 1. The molecule has 0 saturated carbocycles. The number of piperazine rings is 1. The van der Waals surface area contributed by atoms with E-state index in [0.717, 1.165) is 24.5 Å². The van der Waals surface area contributed by atoms with E-state index < -0.39 is 11.5 Å². The van der Waals surface area contributed by atoms with Crippen LogP contribution in [0.2, 0.25) is 0 Å². The molecule has 3 heterocycles.